The highest BCUT2D eigenvalue weighted by Crippen LogP contribution is 2.38. The van der Waals surface area contributed by atoms with Crippen molar-refractivity contribution in [2.24, 2.45) is 5.92 Å². The van der Waals surface area contributed by atoms with E-state index in [1.807, 2.05) is 18.7 Å². The highest BCUT2D eigenvalue weighted by Gasteiger charge is 2.38. The van der Waals surface area contributed by atoms with Crippen LogP contribution in [0.25, 0.3) is 0 Å². The summed E-state index contributed by atoms with van der Waals surface area (Å²) in [5.74, 6) is 0.244. The highest BCUT2D eigenvalue weighted by atomic mass is 19.4. The number of nitrogens with zero attached hydrogens (tertiary/aromatic N) is 1. The van der Waals surface area contributed by atoms with E-state index in [2.05, 4.69) is 5.32 Å². The molecule has 2 nitrogen and oxygen atoms in total. The minimum Gasteiger partial charge on any atom is -0.317 e. The number of halogens is 6. The molecule has 0 amide bonds. The Kier molecular flexibility index (Phi) is 6.60. The van der Waals surface area contributed by atoms with Crippen LogP contribution in [0.1, 0.15) is 43.4 Å². The van der Waals surface area contributed by atoms with Crippen LogP contribution >= 0.6 is 0 Å². The van der Waals surface area contributed by atoms with Gasteiger partial charge in [0.15, 0.2) is 0 Å². The number of piperidine rings is 1. The molecule has 1 aliphatic heterocycles. The zero-order valence-corrected chi connectivity index (χ0v) is 14.8. The summed E-state index contributed by atoms with van der Waals surface area (Å²) in [7, 11) is 0. The van der Waals surface area contributed by atoms with Crippen LogP contribution in [0.15, 0.2) is 18.2 Å². The molecule has 1 fully saturated rings. The Morgan fingerprint density at radius 2 is 1.65 bits per heavy atom. The molecule has 0 radical (unpaired) electrons. The van der Waals surface area contributed by atoms with Crippen molar-refractivity contribution in [1.29, 1.82) is 0 Å². The summed E-state index contributed by atoms with van der Waals surface area (Å²) in [6, 6.07) is 2.06. The maximum absolute atomic E-state index is 13.4. The van der Waals surface area contributed by atoms with E-state index in [0.29, 0.717) is 6.54 Å². The number of hydrogen-bond acceptors (Lipinski definition) is 2. The van der Waals surface area contributed by atoms with E-state index in [1.54, 1.807) is 0 Å². The van der Waals surface area contributed by atoms with E-state index in [9.17, 15) is 26.3 Å². The molecule has 148 valence electrons. The first kappa shape index (κ1) is 21.0. The smallest absolute Gasteiger partial charge is 0.317 e. The van der Waals surface area contributed by atoms with Crippen LogP contribution in [0.3, 0.4) is 0 Å². The molecule has 1 aromatic carbocycles. The second kappa shape index (κ2) is 8.17. The second-order valence-electron chi connectivity index (χ2n) is 7.17. The van der Waals surface area contributed by atoms with Crippen molar-refractivity contribution in [3.05, 3.63) is 34.9 Å². The van der Waals surface area contributed by atoms with Gasteiger partial charge in [-0.1, -0.05) is 19.9 Å². The number of rotatable bonds is 5. The molecular formula is C18H24F6N2. The molecule has 0 atom stereocenters. The Morgan fingerprint density at radius 1 is 1.04 bits per heavy atom. The van der Waals surface area contributed by atoms with E-state index in [1.165, 1.54) is 0 Å². The molecule has 1 aliphatic rings. The monoisotopic (exact) mass is 382 g/mol. The van der Waals surface area contributed by atoms with Crippen molar-refractivity contribution in [2.45, 2.75) is 51.6 Å². The summed E-state index contributed by atoms with van der Waals surface area (Å²) >= 11 is 0. The topological polar surface area (TPSA) is 15.3 Å². The van der Waals surface area contributed by atoms with Gasteiger partial charge < -0.3 is 5.32 Å². The van der Waals surface area contributed by atoms with E-state index in [-0.39, 0.29) is 30.1 Å². The average Bonchev–Trinajstić information content (AvgIpc) is 2.53. The van der Waals surface area contributed by atoms with E-state index in [4.69, 9.17) is 0 Å². The Hall–Kier alpha value is -1.28. The van der Waals surface area contributed by atoms with Crippen LogP contribution in [-0.4, -0.2) is 30.6 Å². The Balaban J connectivity index is 2.34. The van der Waals surface area contributed by atoms with Gasteiger partial charge in [-0.25, -0.2) is 0 Å². The third-order valence-electron chi connectivity index (χ3n) is 4.54. The lowest BCUT2D eigenvalue weighted by Gasteiger charge is -2.36. The van der Waals surface area contributed by atoms with Gasteiger partial charge in [-0.15, -0.1) is 0 Å². The van der Waals surface area contributed by atoms with Gasteiger partial charge in [0.05, 0.1) is 11.1 Å². The lowest BCUT2D eigenvalue weighted by atomic mass is 9.98. The fourth-order valence-electron chi connectivity index (χ4n) is 3.36. The van der Waals surface area contributed by atoms with Crippen LogP contribution in [0.2, 0.25) is 0 Å². The minimum absolute atomic E-state index is 0.00414. The Labute approximate surface area is 149 Å². The van der Waals surface area contributed by atoms with Gasteiger partial charge in [-0.2, -0.15) is 26.3 Å². The third kappa shape index (κ3) is 5.61. The van der Waals surface area contributed by atoms with E-state index in [0.717, 1.165) is 38.1 Å². The second-order valence-corrected chi connectivity index (χ2v) is 7.17. The average molecular weight is 382 g/mol. The zero-order chi connectivity index (χ0) is 19.5. The fourth-order valence-corrected chi connectivity index (χ4v) is 3.36. The molecule has 0 spiro atoms. The molecular weight excluding hydrogens is 358 g/mol. The van der Waals surface area contributed by atoms with E-state index < -0.39 is 23.5 Å². The zero-order valence-electron chi connectivity index (χ0n) is 14.8. The molecule has 8 heteroatoms. The van der Waals surface area contributed by atoms with Crippen LogP contribution < -0.4 is 5.32 Å². The van der Waals surface area contributed by atoms with Crippen LogP contribution in [-0.2, 0) is 18.9 Å². The van der Waals surface area contributed by atoms with Crippen LogP contribution in [0, 0.1) is 5.92 Å². The molecule has 0 unspecified atom stereocenters. The van der Waals surface area contributed by atoms with Gasteiger partial charge in [0, 0.05) is 19.1 Å². The molecule has 0 aliphatic carbocycles. The highest BCUT2D eigenvalue weighted by molar-refractivity contribution is 5.35. The Bertz CT molecular complexity index is 588. The van der Waals surface area contributed by atoms with Gasteiger partial charge >= 0.3 is 12.4 Å². The standard InChI is InChI=1S/C18H24F6N2/c1-12(2)10-26(15-5-7-25-8-6-15)11-13-3-4-14(17(19,20)21)9-16(13)18(22,23)24/h3-4,9,12,15,25H,5-8,10-11H2,1-2H3. The van der Waals surface area contributed by atoms with Crippen molar-refractivity contribution in [3.63, 3.8) is 0 Å². The molecule has 1 aromatic rings. The van der Waals surface area contributed by atoms with Gasteiger partial charge in [0.1, 0.15) is 0 Å². The summed E-state index contributed by atoms with van der Waals surface area (Å²) < 4.78 is 78.6. The lowest BCUT2D eigenvalue weighted by molar-refractivity contribution is -0.143. The molecule has 0 saturated carbocycles. The first-order valence-electron chi connectivity index (χ1n) is 8.70. The first-order valence-corrected chi connectivity index (χ1v) is 8.70. The number of alkyl halides is 6. The summed E-state index contributed by atoms with van der Waals surface area (Å²) in [5.41, 5.74) is -2.58. The van der Waals surface area contributed by atoms with Gasteiger partial charge in [0.2, 0.25) is 0 Å². The summed E-state index contributed by atoms with van der Waals surface area (Å²) in [4.78, 5) is 1.98. The number of nitrogens with one attached hydrogen (secondary N) is 1. The summed E-state index contributed by atoms with van der Waals surface area (Å²) in [6.45, 7) is 6.13. The normalized spacial score (nSPS) is 17.3. The molecule has 0 bridgehead atoms. The predicted octanol–water partition coefficient (Wildman–Crippen LogP) is 4.93. The lowest BCUT2D eigenvalue weighted by Crippen LogP contribution is -2.44. The molecule has 1 heterocycles. The minimum atomic E-state index is -4.83. The van der Waals surface area contributed by atoms with Gasteiger partial charge in [0.25, 0.3) is 0 Å². The molecule has 2 rings (SSSR count). The predicted molar refractivity (Wildman–Crippen MR) is 87.6 cm³/mol. The fraction of sp³-hybridized carbons (Fsp3) is 0.667. The van der Waals surface area contributed by atoms with Crippen molar-refractivity contribution in [1.82, 2.24) is 10.2 Å². The van der Waals surface area contributed by atoms with Crippen molar-refractivity contribution in [3.8, 4) is 0 Å². The number of benzene rings is 1. The van der Waals surface area contributed by atoms with Crippen molar-refractivity contribution >= 4 is 0 Å². The summed E-state index contributed by atoms with van der Waals surface area (Å²) in [5, 5.41) is 3.21. The maximum atomic E-state index is 13.4. The third-order valence-corrected chi connectivity index (χ3v) is 4.54. The largest absolute Gasteiger partial charge is 0.416 e. The SMILES string of the molecule is CC(C)CN(Cc1ccc(C(F)(F)F)cc1C(F)(F)F)C1CCNCC1. The Morgan fingerprint density at radius 3 is 2.15 bits per heavy atom. The number of hydrogen-bond donors (Lipinski definition) is 1. The van der Waals surface area contributed by atoms with Gasteiger partial charge in [-0.05, 0) is 49.5 Å². The molecule has 1 N–H and O–H groups in total. The maximum Gasteiger partial charge on any atom is 0.416 e. The van der Waals surface area contributed by atoms with E-state index >= 15 is 0 Å². The van der Waals surface area contributed by atoms with Crippen molar-refractivity contribution < 1.29 is 26.3 Å². The molecule has 26 heavy (non-hydrogen) atoms. The molecule has 1 saturated heterocycles. The van der Waals surface area contributed by atoms with Crippen LogP contribution in [0.5, 0.6) is 0 Å². The quantitative estimate of drug-likeness (QED) is 0.726. The molecule has 0 aromatic heterocycles. The summed E-state index contributed by atoms with van der Waals surface area (Å²) in [6.07, 6.45) is -8.00. The van der Waals surface area contributed by atoms with Gasteiger partial charge in [-0.3, -0.25) is 4.90 Å². The first-order chi connectivity index (χ1) is 12.0. The van der Waals surface area contributed by atoms with Crippen LogP contribution in [0.4, 0.5) is 26.3 Å². The van der Waals surface area contributed by atoms with Crippen molar-refractivity contribution in [2.75, 3.05) is 19.6 Å².